The molecular formula is C10H22N2. The van der Waals surface area contributed by atoms with Crippen molar-refractivity contribution in [2.45, 2.75) is 38.6 Å². The van der Waals surface area contributed by atoms with Crippen LogP contribution in [0.15, 0.2) is 0 Å². The molecule has 0 amide bonds. The van der Waals surface area contributed by atoms with Gasteiger partial charge in [-0.3, -0.25) is 0 Å². The van der Waals surface area contributed by atoms with Crippen molar-refractivity contribution in [3.8, 4) is 0 Å². The van der Waals surface area contributed by atoms with Gasteiger partial charge < -0.3 is 10.6 Å². The molecule has 2 heteroatoms. The molecule has 0 aromatic rings. The summed E-state index contributed by atoms with van der Waals surface area (Å²) in [4.78, 5) is 2.49. The van der Waals surface area contributed by atoms with Crippen LogP contribution in [0, 0.1) is 5.92 Å². The fourth-order valence-electron chi connectivity index (χ4n) is 1.79. The Balaban J connectivity index is 2.19. The largest absolute Gasteiger partial charge is 0.330 e. The molecule has 2 nitrogen and oxygen atoms in total. The molecule has 0 aromatic heterocycles. The van der Waals surface area contributed by atoms with Crippen LogP contribution in [0.25, 0.3) is 0 Å². The Morgan fingerprint density at radius 1 is 1.50 bits per heavy atom. The second-order valence-corrected chi connectivity index (χ2v) is 4.02. The minimum atomic E-state index is 0.718. The summed E-state index contributed by atoms with van der Waals surface area (Å²) >= 11 is 0. The lowest BCUT2D eigenvalue weighted by atomic mass is 10.1. The molecule has 1 aliphatic carbocycles. The summed E-state index contributed by atoms with van der Waals surface area (Å²) in [6.07, 6.45) is 5.28. The highest BCUT2D eigenvalue weighted by Crippen LogP contribution is 2.30. The van der Waals surface area contributed by atoms with Crippen LogP contribution in [-0.4, -0.2) is 31.1 Å². The Hall–Kier alpha value is -0.0800. The molecule has 0 saturated heterocycles. The van der Waals surface area contributed by atoms with E-state index in [0.717, 1.165) is 24.9 Å². The van der Waals surface area contributed by atoms with E-state index in [0.29, 0.717) is 0 Å². The minimum absolute atomic E-state index is 0.718. The zero-order chi connectivity index (χ0) is 8.97. The van der Waals surface area contributed by atoms with Crippen molar-refractivity contribution in [1.82, 2.24) is 4.90 Å². The van der Waals surface area contributed by atoms with E-state index < -0.39 is 0 Å². The SMILES string of the molecule is CCC(CCN)N(C)CC1CC1. The minimum Gasteiger partial charge on any atom is -0.330 e. The molecule has 1 unspecified atom stereocenters. The van der Waals surface area contributed by atoms with E-state index in [1.807, 2.05) is 0 Å². The van der Waals surface area contributed by atoms with Crippen molar-refractivity contribution in [3.63, 3.8) is 0 Å². The highest BCUT2D eigenvalue weighted by atomic mass is 15.1. The number of hydrogen-bond donors (Lipinski definition) is 1. The smallest absolute Gasteiger partial charge is 0.0102 e. The van der Waals surface area contributed by atoms with Gasteiger partial charge in [0.15, 0.2) is 0 Å². The summed E-state index contributed by atoms with van der Waals surface area (Å²) in [5, 5.41) is 0. The highest BCUT2D eigenvalue weighted by molar-refractivity contribution is 4.79. The second kappa shape index (κ2) is 4.83. The van der Waals surface area contributed by atoms with Crippen LogP contribution < -0.4 is 5.73 Å². The molecule has 0 bridgehead atoms. The van der Waals surface area contributed by atoms with Crippen LogP contribution in [0.5, 0.6) is 0 Å². The van der Waals surface area contributed by atoms with Gasteiger partial charge in [-0.15, -0.1) is 0 Å². The molecule has 0 radical (unpaired) electrons. The van der Waals surface area contributed by atoms with Gasteiger partial charge in [-0.05, 0) is 45.2 Å². The Morgan fingerprint density at radius 3 is 2.58 bits per heavy atom. The van der Waals surface area contributed by atoms with Crippen molar-refractivity contribution in [3.05, 3.63) is 0 Å². The first-order chi connectivity index (χ1) is 5.77. The van der Waals surface area contributed by atoms with Crippen molar-refractivity contribution >= 4 is 0 Å². The lowest BCUT2D eigenvalue weighted by Gasteiger charge is -2.26. The van der Waals surface area contributed by atoms with Crippen LogP contribution >= 0.6 is 0 Å². The molecule has 1 saturated carbocycles. The summed E-state index contributed by atoms with van der Waals surface area (Å²) in [6.45, 7) is 4.37. The van der Waals surface area contributed by atoms with Gasteiger partial charge >= 0.3 is 0 Å². The second-order valence-electron chi connectivity index (χ2n) is 4.02. The fraction of sp³-hybridized carbons (Fsp3) is 1.00. The van der Waals surface area contributed by atoms with E-state index in [2.05, 4.69) is 18.9 Å². The first-order valence-electron chi connectivity index (χ1n) is 5.18. The molecule has 1 rings (SSSR count). The maximum Gasteiger partial charge on any atom is 0.0102 e. The van der Waals surface area contributed by atoms with Gasteiger partial charge in [-0.2, -0.15) is 0 Å². The third-order valence-electron chi connectivity index (χ3n) is 2.84. The van der Waals surface area contributed by atoms with Crippen LogP contribution in [0.2, 0.25) is 0 Å². The van der Waals surface area contributed by atoms with Gasteiger partial charge in [0, 0.05) is 12.6 Å². The third-order valence-corrected chi connectivity index (χ3v) is 2.84. The van der Waals surface area contributed by atoms with Crippen molar-refractivity contribution in [2.24, 2.45) is 11.7 Å². The van der Waals surface area contributed by atoms with E-state index in [9.17, 15) is 0 Å². The van der Waals surface area contributed by atoms with E-state index in [4.69, 9.17) is 5.73 Å². The first-order valence-corrected chi connectivity index (χ1v) is 5.18. The molecule has 0 spiro atoms. The predicted molar refractivity (Wildman–Crippen MR) is 53.1 cm³/mol. The monoisotopic (exact) mass is 170 g/mol. The molecule has 0 aliphatic heterocycles. The molecular weight excluding hydrogens is 148 g/mol. The standard InChI is InChI=1S/C10H22N2/c1-3-10(6-7-11)12(2)8-9-4-5-9/h9-10H,3-8,11H2,1-2H3. The van der Waals surface area contributed by atoms with E-state index in [-0.39, 0.29) is 0 Å². The van der Waals surface area contributed by atoms with Gasteiger partial charge in [0.2, 0.25) is 0 Å². The lowest BCUT2D eigenvalue weighted by Crippen LogP contribution is -2.34. The molecule has 1 fully saturated rings. The number of hydrogen-bond acceptors (Lipinski definition) is 2. The van der Waals surface area contributed by atoms with Crippen molar-refractivity contribution in [2.75, 3.05) is 20.1 Å². The van der Waals surface area contributed by atoms with Gasteiger partial charge in [0.05, 0.1) is 0 Å². The van der Waals surface area contributed by atoms with E-state index >= 15 is 0 Å². The maximum atomic E-state index is 5.56. The number of nitrogens with two attached hydrogens (primary N) is 1. The lowest BCUT2D eigenvalue weighted by molar-refractivity contribution is 0.218. The van der Waals surface area contributed by atoms with Crippen molar-refractivity contribution in [1.29, 1.82) is 0 Å². The average molecular weight is 170 g/mol. The molecule has 1 aliphatic rings. The number of rotatable bonds is 6. The Labute approximate surface area is 76.1 Å². The molecule has 72 valence electrons. The molecule has 1 atom stereocenters. The topological polar surface area (TPSA) is 29.3 Å². The van der Waals surface area contributed by atoms with Crippen LogP contribution in [0.4, 0.5) is 0 Å². The number of nitrogens with zero attached hydrogens (tertiary/aromatic N) is 1. The summed E-state index contributed by atoms with van der Waals surface area (Å²) in [7, 11) is 2.24. The van der Waals surface area contributed by atoms with E-state index in [1.165, 1.54) is 25.8 Å². The zero-order valence-electron chi connectivity index (χ0n) is 8.42. The van der Waals surface area contributed by atoms with Gasteiger partial charge in [0.25, 0.3) is 0 Å². The van der Waals surface area contributed by atoms with E-state index in [1.54, 1.807) is 0 Å². The van der Waals surface area contributed by atoms with Gasteiger partial charge in [-0.25, -0.2) is 0 Å². The van der Waals surface area contributed by atoms with Crippen LogP contribution in [-0.2, 0) is 0 Å². The predicted octanol–water partition coefficient (Wildman–Crippen LogP) is 1.46. The summed E-state index contributed by atoms with van der Waals surface area (Å²) in [5.74, 6) is 1.00. The summed E-state index contributed by atoms with van der Waals surface area (Å²) in [6, 6.07) is 0.718. The fourth-order valence-corrected chi connectivity index (χ4v) is 1.79. The molecule has 12 heavy (non-hydrogen) atoms. The molecule has 2 N–H and O–H groups in total. The van der Waals surface area contributed by atoms with Crippen LogP contribution in [0.3, 0.4) is 0 Å². The van der Waals surface area contributed by atoms with Crippen LogP contribution in [0.1, 0.15) is 32.6 Å². The van der Waals surface area contributed by atoms with Gasteiger partial charge in [-0.1, -0.05) is 6.92 Å². The van der Waals surface area contributed by atoms with Gasteiger partial charge in [0.1, 0.15) is 0 Å². The highest BCUT2D eigenvalue weighted by Gasteiger charge is 2.24. The Kier molecular flexibility index (Phi) is 4.02. The molecule has 0 heterocycles. The summed E-state index contributed by atoms with van der Waals surface area (Å²) in [5.41, 5.74) is 5.56. The van der Waals surface area contributed by atoms with Crippen molar-refractivity contribution < 1.29 is 0 Å². The molecule has 0 aromatic carbocycles. The average Bonchev–Trinajstić information content (AvgIpc) is 2.83. The zero-order valence-corrected chi connectivity index (χ0v) is 8.42. The Morgan fingerprint density at radius 2 is 2.17 bits per heavy atom. The quantitative estimate of drug-likeness (QED) is 0.654. The maximum absolute atomic E-state index is 5.56. The third kappa shape index (κ3) is 3.11. The first kappa shape index (κ1) is 10.0. The normalized spacial score (nSPS) is 20.0. The summed E-state index contributed by atoms with van der Waals surface area (Å²) < 4.78 is 0. The Bertz CT molecular complexity index is 121.